The smallest absolute Gasteiger partial charge is 0.177 e. The first kappa shape index (κ1) is 7.54. The fourth-order valence-electron chi connectivity index (χ4n) is 1.19. The minimum absolute atomic E-state index is 0.814. The summed E-state index contributed by atoms with van der Waals surface area (Å²) >= 11 is 5.04. The Morgan fingerprint density at radius 2 is 2.20 bits per heavy atom. The van der Waals surface area contributed by atoms with E-state index in [9.17, 15) is 0 Å². The van der Waals surface area contributed by atoms with Gasteiger partial charge in [-0.15, -0.1) is 0 Å². The quantitative estimate of drug-likeness (QED) is 0.616. The Hall–Kier alpha value is -0.570. The number of nitrogens with zero attached hydrogens (tertiary/aromatic N) is 1. The highest BCUT2D eigenvalue weighted by Crippen LogP contribution is 2.05. The molecular formula is C7H12N2S. The van der Waals surface area contributed by atoms with Crippen LogP contribution in [0.1, 0.15) is 18.3 Å². The number of hydrogen-bond donors (Lipinski definition) is 1. The average Bonchev–Trinajstić information content (AvgIpc) is 2.09. The van der Waals surface area contributed by atoms with E-state index >= 15 is 0 Å². The highest BCUT2D eigenvalue weighted by atomic mass is 32.1. The van der Waals surface area contributed by atoms with E-state index in [1.54, 1.807) is 0 Å². The lowest BCUT2D eigenvalue weighted by Crippen LogP contribution is -1.94. The van der Waals surface area contributed by atoms with Gasteiger partial charge in [-0.3, -0.25) is 0 Å². The zero-order chi connectivity index (χ0) is 7.72. The summed E-state index contributed by atoms with van der Waals surface area (Å²) in [6, 6.07) is 0. The summed E-state index contributed by atoms with van der Waals surface area (Å²) < 4.78 is 2.83. The van der Waals surface area contributed by atoms with Gasteiger partial charge in [0.1, 0.15) is 0 Å². The predicted molar refractivity (Wildman–Crippen MR) is 44.7 cm³/mol. The summed E-state index contributed by atoms with van der Waals surface area (Å²) in [4.78, 5) is 3.10. The van der Waals surface area contributed by atoms with Gasteiger partial charge in [-0.2, -0.15) is 0 Å². The van der Waals surface area contributed by atoms with Gasteiger partial charge in [-0.05, 0) is 25.6 Å². The Kier molecular flexibility index (Phi) is 1.94. The van der Waals surface area contributed by atoms with Crippen molar-refractivity contribution in [3.63, 3.8) is 0 Å². The van der Waals surface area contributed by atoms with Crippen LogP contribution in [0.5, 0.6) is 0 Å². The summed E-state index contributed by atoms with van der Waals surface area (Å²) in [5.41, 5.74) is 2.49. The third-order valence-corrected chi connectivity index (χ3v) is 2.15. The maximum absolute atomic E-state index is 5.04. The van der Waals surface area contributed by atoms with Crippen LogP contribution in [-0.4, -0.2) is 9.55 Å². The van der Waals surface area contributed by atoms with Gasteiger partial charge in [0.25, 0.3) is 0 Å². The second kappa shape index (κ2) is 2.58. The number of aromatic nitrogens is 2. The van der Waals surface area contributed by atoms with Crippen molar-refractivity contribution in [3.05, 3.63) is 16.2 Å². The van der Waals surface area contributed by atoms with Crippen LogP contribution in [-0.2, 0) is 13.5 Å². The predicted octanol–water partition coefficient (Wildman–Crippen LogP) is 1.95. The van der Waals surface area contributed by atoms with Gasteiger partial charge < -0.3 is 9.55 Å². The van der Waals surface area contributed by atoms with Crippen molar-refractivity contribution in [2.45, 2.75) is 20.3 Å². The van der Waals surface area contributed by atoms with E-state index in [1.807, 2.05) is 11.6 Å². The monoisotopic (exact) mass is 156 g/mol. The molecule has 1 heterocycles. The SMILES string of the molecule is CCc1c(C)[nH]c(=S)n1C. The molecule has 0 saturated heterocycles. The van der Waals surface area contributed by atoms with Crippen molar-refractivity contribution in [3.8, 4) is 0 Å². The molecule has 0 radical (unpaired) electrons. The van der Waals surface area contributed by atoms with Gasteiger partial charge in [0.2, 0.25) is 0 Å². The van der Waals surface area contributed by atoms with Crippen LogP contribution in [0.4, 0.5) is 0 Å². The Bertz CT molecular complexity index is 282. The molecule has 0 bridgehead atoms. The molecule has 0 saturated carbocycles. The van der Waals surface area contributed by atoms with Crippen LogP contribution in [0, 0.1) is 11.7 Å². The third kappa shape index (κ3) is 1.01. The summed E-state index contributed by atoms with van der Waals surface area (Å²) in [7, 11) is 1.99. The average molecular weight is 156 g/mol. The minimum atomic E-state index is 0.814. The lowest BCUT2D eigenvalue weighted by atomic mass is 10.3. The molecule has 1 rings (SSSR count). The minimum Gasteiger partial charge on any atom is -0.335 e. The maximum atomic E-state index is 5.04. The summed E-state index contributed by atoms with van der Waals surface area (Å²) in [5.74, 6) is 0. The van der Waals surface area contributed by atoms with Gasteiger partial charge in [0.15, 0.2) is 4.77 Å². The first-order valence-electron chi connectivity index (χ1n) is 3.41. The summed E-state index contributed by atoms with van der Waals surface area (Å²) in [6.45, 7) is 4.18. The molecule has 10 heavy (non-hydrogen) atoms. The van der Waals surface area contributed by atoms with Gasteiger partial charge in [-0.1, -0.05) is 6.92 Å². The van der Waals surface area contributed by atoms with E-state index in [4.69, 9.17) is 12.2 Å². The van der Waals surface area contributed by atoms with Crippen molar-refractivity contribution < 1.29 is 0 Å². The fraction of sp³-hybridized carbons (Fsp3) is 0.571. The third-order valence-electron chi connectivity index (χ3n) is 1.77. The molecule has 1 aromatic rings. The van der Waals surface area contributed by atoms with E-state index in [2.05, 4.69) is 18.8 Å². The Balaban J connectivity index is 3.34. The van der Waals surface area contributed by atoms with Gasteiger partial charge in [0.05, 0.1) is 0 Å². The van der Waals surface area contributed by atoms with Crippen LogP contribution in [0.15, 0.2) is 0 Å². The standard InChI is InChI=1S/C7H12N2S/c1-4-6-5(2)8-7(10)9(6)3/h4H2,1-3H3,(H,8,10). The number of imidazole rings is 1. The molecule has 56 valence electrons. The number of nitrogens with one attached hydrogen (secondary N) is 1. The number of rotatable bonds is 1. The molecule has 0 aliphatic carbocycles. The Morgan fingerprint density at radius 1 is 1.60 bits per heavy atom. The molecular weight excluding hydrogens is 144 g/mol. The number of H-pyrrole nitrogens is 1. The van der Waals surface area contributed by atoms with Crippen LogP contribution in [0.25, 0.3) is 0 Å². The summed E-state index contributed by atoms with van der Waals surface area (Å²) in [6.07, 6.45) is 1.04. The highest BCUT2D eigenvalue weighted by Gasteiger charge is 2.00. The van der Waals surface area contributed by atoms with Crippen molar-refractivity contribution in [1.82, 2.24) is 9.55 Å². The van der Waals surface area contributed by atoms with Crippen molar-refractivity contribution in [2.75, 3.05) is 0 Å². The molecule has 2 nitrogen and oxygen atoms in total. The van der Waals surface area contributed by atoms with Gasteiger partial charge >= 0.3 is 0 Å². The van der Waals surface area contributed by atoms with Crippen molar-refractivity contribution >= 4 is 12.2 Å². The molecule has 0 amide bonds. The first-order chi connectivity index (χ1) is 4.66. The normalized spacial score (nSPS) is 10.3. The molecule has 0 atom stereocenters. The van der Waals surface area contributed by atoms with Gasteiger partial charge in [0, 0.05) is 18.4 Å². The van der Waals surface area contributed by atoms with Crippen LogP contribution in [0.2, 0.25) is 0 Å². The molecule has 0 aromatic carbocycles. The van der Waals surface area contributed by atoms with Crippen LogP contribution >= 0.6 is 12.2 Å². The van der Waals surface area contributed by atoms with E-state index in [-0.39, 0.29) is 0 Å². The zero-order valence-corrected chi connectivity index (χ0v) is 7.38. The van der Waals surface area contributed by atoms with Gasteiger partial charge in [-0.25, -0.2) is 0 Å². The molecule has 1 aromatic heterocycles. The summed E-state index contributed by atoms with van der Waals surface area (Å²) in [5, 5.41) is 0. The molecule has 0 spiro atoms. The topological polar surface area (TPSA) is 20.7 Å². The second-order valence-corrected chi connectivity index (χ2v) is 2.80. The largest absolute Gasteiger partial charge is 0.335 e. The molecule has 1 N–H and O–H groups in total. The van der Waals surface area contributed by atoms with Crippen LogP contribution < -0.4 is 0 Å². The van der Waals surface area contributed by atoms with E-state index < -0.39 is 0 Å². The van der Waals surface area contributed by atoms with Crippen molar-refractivity contribution in [2.24, 2.45) is 7.05 Å². The van der Waals surface area contributed by atoms with Crippen molar-refractivity contribution in [1.29, 1.82) is 0 Å². The zero-order valence-electron chi connectivity index (χ0n) is 6.56. The molecule has 0 unspecified atom stereocenters. The molecule has 0 fully saturated rings. The highest BCUT2D eigenvalue weighted by molar-refractivity contribution is 7.71. The molecule has 0 aliphatic heterocycles. The number of hydrogen-bond acceptors (Lipinski definition) is 1. The molecule has 0 aliphatic rings. The fourth-order valence-corrected chi connectivity index (χ4v) is 1.46. The van der Waals surface area contributed by atoms with E-state index in [1.165, 1.54) is 11.4 Å². The van der Waals surface area contributed by atoms with E-state index in [0.717, 1.165) is 11.2 Å². The lowest BCUT2D eigenvalue weighted by molar-refractivity contribution is 0.817. The second-order valence-electron chi connectivity index (χ2n) is 2.41. The first-order valence-corrected chi connectivity index (χ1v) is 3.82. The number of aryl methyl sites for hydroxylation is 1. The van der Waals surface area contributed by atoms with E-state index in [0.29, 0.717) is 0 Å². The van der Waals surface area contributed by atoms with Crippen LogP contribution in [0.3, 0.4) is 0 Å². The Morgan fingerprint density at radius 3 is 2.40 bits per heavy atom. The maximum Gasteiger partial charge on any atom is 0.177 e. The lowest BCUT2D eigenvalue weighted by Gasteiger charge is -1.97. The molecule has 3 heteroatoms. The Labute approximate surface area is 65.9 Å². The number of aromatic amines is 1.